The third-order valence-electron chi connectivity index (χ3n) is 4.27. The summed E-state index contributed by atoms with van der Waals surface area (Å²) in [7, 11) is 0. The Morgan fingerprint density at radius 2 is 1.85 bits per heavy atom. The molecular weight excluding hydrogens is 334 g/mol. The van der Waals surface area contributed by atoms with Crippen LogP contribution in [0.15, 0.2) is 24.3 Å². The van der Waals surface area contributed by atoms with Crippen LogP contribution in [0.3, 0.4) is 0 Å². The van der Waals surface area contributed by atoms with E-state index in [4.69, 9.17) is 4.74 Å². The van der Waals surface area contributed by atoms with Crippen molar-refractivity contribution in [1.29, 1.82) is 0 Å². The number of benzene rings is 1. The van der Waals surface area contributed by atoms with Gasteiger partial charge in [0, 0.05) is 25.8 Å². The maximum absolute atomic E-state index is 12.5. The van der Waals surface area contributed by atoms with E-state index in [2.05, 4.69) is 16.0 Å². The van der Waals surface area contributed by atoms with Crippen LogP contribution in [0.1, 0.15) is 49.4 Å². The summed E-state index contributed by atoms with van der Waals surface area (Å²) < 4.78 is 5.17. The molecule has 7 heteroatoms. The molecule has 0 saturated heterocycles. The lowest BCUT2D eigenvalue weighted by atomic mass is 10.1. The van der Waals surface area contributed by atoms with Crippen LogP contribution in [0, 0.1) is 0 Å². The van der Waals surface area contributed by atoms with E-state index in [1.54, 1.807) is 24.3 Å². The summed E-state index contributed by atoms with van der Waals surface area (Å²) in [6, 6.07) is 6.87. The van der Waals surface area contributed by atoms with Crippen LogP contribution in [0.5, 0.6) is 0 Å². The zero-order valence-corrected chi connectivity index (χ0v) is 15.2. The Hall–Kier alpha value is -2.41. The predicted molar refractivity (Wildman–Crippen MR) is 98.9 cm³/mol. The first kappa shape index (κ1) is 19.9. The molecule has 0 aliphatic heterocycles. The Balaban J connectivity index is 1.88. The molecular formula is C19H27N3O4. The molecule has 2 rings (SSSR count). The van der Waals surface area contributed by atoms with Crippen molar-refractivity contribution in [3.63, 3.8) is 0 Å². The number of para-hydroxylation sites is 1. The van der Waals surface area contributed by atoms with E-state index in [0.29, 0.717) is 37.4 Å². The van der Waals surface area contributed by atoms with E-state index in [9.17, 15) is 14.4 Å². The third kappa shape index (κ3) is 6.15. The topological polar surface area (TPSA) is 96.5 Å². The monoisotopic (exact) mass is 361 g/mol. The third-order valence-corrected chi connectivity index (χ3v) is 4.27. The average Bonchev–Trinajstić information content (AvgIpc) is 3.14. The van der Waals surface area contributed by atoms with Crippen molar-refractivity contribution in [1.82, 2.24) is 10.6 Å². The van der Waals surface area contributed by atoms with E-state index in [1.165, 1.54) is 0 Å². The molecule has 0 heterocycles. The highest BCUT2D eigenvalue weighted by atomic mass is 16.5. The largest absolute Gasteiger partial charge is 0.382 e. The second kappa shape index (κ2) is 10.6. The maximum Gasteiger partial charge on any atom is 0.313 e. The van der Waals surface area contributed by atoms with Crippen molar-refractivity contribution in [3.05, 3.63) is 29.8 Å². The smallest absolute Gasteiger partial charge is 0.313 e. The summed E-state index contributed by atoms with van der Waals surface area (Å²) in [4.78, 5) is 36.4. The molecule has 0 aromatic heterocycles. The van der Waals surface area contributed by atoms with Crippen LogP contribution in [0.25, 0.3) is 0 Å². The number of rotatable bonds is 8. The summed E-state index contributed by atoms with van der Waals surface area (Å²) in [5.41, 5.74) is 0.689. The molecule has 1 aromatic carbocycles. The Kier molecular flexibility index (Phi) is 8.08. The molecule has 3 N–H and O–H groups in total. The molecule has 0 atom stereocenters. The summed E-state index contributed by atoms with van der Waals surface area (Å²) in [5.74, 6) is -1.75. The van der Waals surface area contributed by atoms with E-state index >= 15 is 0 Å². The Morgan fingerprint density at radius 1 is 1.12 bits per heavy atom. The summed E-state index contributed by atoms with van der Waals surface area (Å²) in [6.45, 7) is 3.40. The zero-order valence-electron chi connectivity index (χ0n) is 15.2. The van der Waals surface area contributed by atoms with Gasteiger partial charge in [-0.1, -0.05) is 25.0 Å². The molecule has 1 aromatic rings. The van der Waals surface area contributed by atoms with Crippen molar-refractivity contribution in [2.24, 2.45) is 0 Å². The highest BCUT2D eigenvalue weighted by molar-refractivity contribution is 6.40. The van der Waals surface area contributed by atoms with Gasteiger partial charge >= 0.3 is 11.8 Å². The molecule has 1 saturated carbocycles. The summed E-state index contributed by atoms with van der Waals surface area (Å²) in [6.07, 6.45) is 4.82. The van der Waals surface area contributed by atoms with Crippen LogP contribution in [0.2, 0.25) is 0 Å². The molecule has 7 nitrogen and oxygen atoms in total. The van der Waals surface area contributed by atoms with Crippen LogP contribution < -0.4 is 16.0 Å². The van der Waals surface area contributed by atoms with Crippen molar-refractivity contribution in [3.8, 4) is 0 Å². The fourth-order valence-corrected chi connectivity index (χ4v) is 2.90. The van der Waals surface area contributed by atoms with Gasteiger partial charge in [-0.25, -0.2) is 0 Å². The minimum absolute atomic E-state index is 0.180. The van der Waals surface area contributed by atoms with Gasteiger partial charge in [-0.05, 0) is 38.3 Å². The lowest BCUT2D eigenvalue weighted by Crippen LogP contribution is -2.37. The van der Waals surface area contributed by atoms with Gasteiger partial charge in [0.25, 0.3) is 5.91 Å². The van der Waals surface area contributed by atoms with Crippen LogP contribution in [-0.4, -0.2) is 43.5 Å². The quantitative estimate of drug-likeness (QED) is 0.486. The zero-order chi connectivity index (χ0) is 18.8. The highest BCUT2D eigenvalue weighted by Crippen LogP contribution is 2.20. The van der Waals surface area contributed by atoms with Gasteiger partial charge in [-0.3, -0.25) is 14.4 Å². The van der Waals surface area contributed by atoms with Crippen molar-refractivity contribution >= 4 is 23.4 Å². The molecule has 26 heavy (non-hydrogen) atoms. The average molecular weight is 361 g/mol. The van der Waals surface area contributed by atoms with Gasteiger partial charge in [-0.2, -0.15) is 0 Å². The highest BCUT2D eigenvalue weighted by Gasteiger charge is 2.21. The molecule has 1 aliphatic rings. The first-order valence-corrected chi connectivity index (χ1v) is 9.18. The summed E-state index contributed by atoms with van der Waals surface area (Å²) in [5, 5.41) is 8.05. The second-order valence-electron chi connectivity index (χ2n) is 6.26. The van der Waals surface area contributed by atoms with Crippen molar-refractivity contribution in [2.75, 3.05) is 25.1 Å². The maximum atomic E-state index is 12.5. The van der Waals surface area contributed by atoms with Gasteiger partial charge in [0.1, 0.15) is 0 Å². The van der Waals surface area contributed by atoms with Crippen molar-refractivity contribution in [2.45, 2.75) is 45.1 Å². The van der Waals surface area contributed by atoms with Gasteiger partial charge in [-0.15, -0.1) is 0 Å². The number of nitrogens with one attached hydrogen (secondary N) is 3. The molecule has 0 bridgehead atoms. The van der Waals surface area contributed by atoms with Gasteiger partial charge in [0.05, 0.1) is 11.3 Å². The van der Waals surface area contributed by atoms with E-state index in [-0.39, 0.29) is 11.9 Å². The SMILES string of the molecule is CCOCCCNC(=O)C(=O)Nc1ccccc1C(=O)NC1CCCC1. The van der Waals surface area contributed by atoms with E-state index < -0.39 is 11.8 Å². The fourth-order valence-electron chi connectivity index (χ4n) is 2.90. The van der Waals surface area contributed by atoms with Gasteiger partial charge in [0.15, 0.2) is 0 Å². The first-order chi connectivity index (χ1) is 12.6. The number of anilines is 1. The first-order valence-electron chi connectivity index (χ1n) is 9.18. The van der Waals surface area contributed by atoms with E-state index in [0.717, 1.165) is 25.7 Å². The van der Waals surface area contributed by atoms with Crippen LogP contribution >= 0.6 is 0 Å². The lowest BCUT2D eigenvalue weighted by molar-refractivity contribution is -0.136. The lowest BCUT2D eigenvalue weighted by Gasteiger charge is -2.15. The Morgan fingerprint density at radius 3 is 2.58 bits per heavy atom. The second-order valence-corrected chi connectivity index (χ2v) is 6.26. The molecule has 0 radical (unpaired) electrons. The Labute approximate surface area is 153 Å². The molecule has 3 amide bonds. The number of amides is 3. The van der Waals surface area contributed by atoms with Gasteiger partial charge < -0.3 is 20.7 Å². The number of carbonyl (C=O) groups excluding carboxylic acids is 3. The fraction of sp³-hybridized carbons (Fsp3) is 0.526. The van der Waals surface area contributed by atoms with Crippen LogP contribution in [0.4, 0.5) is 5.69 Å². The summed E-state index contributed by atoms with van der Waals surface area (Å²) >= 11 is 0. The molecule has 1 fully saturated rings. The standard InChI is InChI=1S/C19H27N3O4/c1-2-26-13-7-12-20-18(24)19(25)22-16-11-6-5-10-15(16)17(23)21-14-8-3-4-9-14/h5-6,10-11,14H,2-4,7-9,12-13H2,1H3,(H,20,24)(H,21,23)(H,22,25). The Bertz CT molecular complexity index is 627. The number of hydrogen-bond acceptors (Lipinski definition) is 4. The molecule has 142 valence electrons. The van der Waals surface area contributed by atoms with Crippen LogP contribution in [-0.2, 0) is 14.3 Å². The minimum atomic E-state index is -0.789. The number of carbonyl (C=O) groups is 3. The molecule has 0 unspecified atom stereocenters. The number of hydrogen-bond donors (Lipinski definition) is 3. The molecule has 1 aliphatic carbocycles. The van der Waals surface area contributed by atoms with Crippen molar-refractivity contribution < 1.29 is 19.1 Å². The number of ether oxygens (including phenoxy) is 1. The van der Waals surface area contributed by atoms with Gasteiger partial charge in [0.2, 0.25) is 0 Å². The normalized spacial score (nSPS) is 14.0. The predicted octanol–water partition coefficient (Wildman–Crippen LogP) is 1.84. The minimum Gasteiger partial charge on any atom is -0.382 e. The van der Waals surface area contributed by atoms with E-state index in [1.807, 2.05) is 6.92 Å². The molecule has 0 spiro atoms.